The highest BCUT2D eigenvalue weighted by Gasteiger charge is 2.29. The first-order valence-corrected chi connectivity index (χ1v) is 11.4. The fraction of sp³-hybridized carbons (Fsp3) is 0.208. The van der Waals surface area contributed by atoms with Crippen molar-refractivity contribution < 1.29 is 22.3 Å². The van der Waals surface area contributed by atoms with E-state index in [0.717, 1.165) is 17.7 Å². The van der Waals surface area contributed by atoms with E-state index in [1.165, 1.54) is 12.1 Å². The van der Waals surface area contributed by atoms with Crippen molar-refractivity contribution in [1.82, 2.24) is 5.32 Å². The molecule has 0 bridgehead atoms. The highest BCUT2D eigenvalue weighted by Crippen LogP contribution is 2.28. The molecule has 162 valence electrons. The molecule has 0 radical (unpaired) electrons. The van der Waals surface area contributed by atoms with E-state index in [4.69, 9.17) is 4.74 Å². The van der Waals surface area contributed by atoms with Crippen LogP contribution in [0.25, 0.3) is 0 Å². The molecule has 1 atom stereocenters. The van der Waals surface area contributed by atoms with Crippen LogP contribution in [0, 0.1) is 12.7 Å². The van der Waals surface area contributed by atoms with Crippen molar-refractivity contribution in [2.75, 3.05) is 13.2 Å². The minimum atomic E-state index is -3.85. The third kappa shape index (κ3) is 6.15. The summed E-state index contributed by atoms with van der Waals surface area (Å²) in [6, 6.07) is 20.8. The van der Waals surface area contributed by atoms with Crippen LogP contribution in [0.15, 0.2) is 83.8 Å². The van der Waals surface area contributed by atoms with Gasteiger partial charge >= 0.3 is 0 Å². The largest absolute Gasteiger partial charge is 0.493 e. The van der Waals surface area contributed by atoms with Crippen LogP contribution in [0.2, 0.25) is 0 Å². The molecule has 1 amide bonds. The van der Waals surface area contributed by atoms with Gasteiger partial charge in [-0.2, -0.15) is 0 Å². The zero-order chi connectivity index (χ0) is 22.3. The average molecular weight is 442 g/mol. The molecule has 0 aliphatic rings. The van der Waals surface area contributed by atoms with Crippen LogP contribution in [0.3, 0.4) is 0 Å². The minimum absolute atomic E-state index is 0.000272. The van der Waals surface area contributed by atoms with Crippen LogP contribution in [0.4, 0.5) is 4.39 Å². The molecule has 0 heterocycles. The highest BCUT2D eigenvalue weighted by molar-refractivity contribution is 7.91. The lowest BCUT2D eigenvalue weighted by atomic mass is 10.1. The Bertz CT molecular complexity index is 1100. The van der Waals surface area contributed by atoms with Gasteiger partial charge in [0, 0.05) is 6.54 Å². The molecule has 5 nitrogen and oxygen atoms in total. The van der Waals surface area contributed by atoms with Crippen LogP contribution >= 0.6 is 0 Å². The molecule has 1 N–H and O–H groups in total. The van der Waals surface area contributed by atoms with Crippen molar-refractivity contribution in [3.8, 4) is 5.75 Å². The molecule has 0 saturated carbocycles. The Morgan fingerprint density at radius 1 is 0.968 bits per heavy atom. The summed E-state index contributed by atoms with van der Waals surface area (Å²) < 4.78 is 45.2. The molecule has 31 heavy (non-hydrogen) atoms. The van der Waals surface area contributed by atoms with Gasteiger partial charge in [0.25, 0.3) is 0 Å². The van der Waals surface area contributed by atoms with E-state index in [2.05, 4.69) is 5.32 Å². The smallest absolute Gasteiger partial charge is 0.223 e. The third-order valence-corrected chi connectivity index (χ3v) is 6.91. The summed E-state index contributed by atoms with van der Waals surface area (Å²) in [5.41, 5.74) is 1.66. The molecule has 0 aliphatic carbocycles. The standard InChI is InChI=1S/C24H24FNO4S/c1-18-7-11-21(12-8-18)30-16-15-24(27)26-17-23(19-5-3-2-4-6-19)31(28,29)22-13-9-20(25)10-14-22/h2-14,23H,15-17H2,1H3,(H,26,27). The maximum absolute atomic E-state index is 13.2. The SMILES string of the molecule is Cc1ccc(OCCC(=O)NCC(c2ccccc2)S(=O)(=O)c2ccc(F)cc2)cc1. The van der Waals surface area contributed by atoms with Crippen LogP contribution in [-0.4, -0.2) is 27.5 Å². The molecule has 3 aromatic carbocycles. The number of halogens is 1. The number of hydrogen-bond acceptors (Lipinski definition) is 4. The molecule has 0 aliphatic heterocycles. The lowest BCUT2D eigenvalue weighted by Gasteiger charge is -2.19. The molecule has 7 heteroatoms. The zero-order valence-corrected chi connectivity index (χ0v) is 17.9. The lowest BCUT2D eigenvalue weighted by Crippen LogP contribution is -2.32. The lowest BCUT2D eigenvalue weighted by molar-refractivity contribution is -0.121. The molecule has 0 saturated heterocycles. The molecular weight excluding hydrogens is 417 g/mol. The van der Waals surface area contributed by atoms with Crippen LogP contribution in [0.1, 0.15) is 22.8 Å². The number of carbonyl (C=O) groups excluding carboxylic acids is 1. The van der Waals surface area contributed by atoms with Crippen LogP contribution < -0.4 is 10.1 Å². The minimum Gasteiger partial charge on any atom is -0.493 e. The topological polar surface area (TPSA) is 72.5 Å². The summed E-state index contributed by atoms with van der Waals surface area (Å²) in [5, 5.41) is 1.69. The predicted molar refractivity (Wildman–Crippen MR) is 117 cm³/mol. The molecule has 3 aromatic rings. The molecular formula is C24H24FNO4S. The van der Waals surface area contributed by atoms with E-state index in [-0.39, 0.29) is 30.4 Å². The third-order valence-electron chi connectivity index (χ3n) is 4.79. The second-order valence-corrected chi connectivity index (χ2v) is 9.24. The van der Waals surface area contributed by atoms with E-state index >= 15 is 0 Å². The first-order valence-electron chi connectivity index (χ1n) is 9.87. The van der Waals surface area contributed by atoms with Gasteiger partial charge in [0.05, 0.1) is 17.9 Å². The van der Waals surface area contributed by atoms with Crippen molar-refractivity contribution in [2.24, 2.45) is 0 Å². The van der Waals surface area contributed by atoms with Gasteiger partial charge in [-0.3, -0.25) is 4.79 Å². The van der Waals surface area contributed by atoms with Gasteiger partial charge in [-0.15, -0.1) is 0 Å². The van der Waals surface area contributed by atoms with Gasteiger partial charge in [0.15, 0.2) is 9.84 Å². The number of amides is 1. The Hall–Kier alpha value is -3.19. The van der Waals surface area contributed by atoms with Crippen molar-refractivity contribution in [2.45, 2.75) is 23.5 Å². The van der Waals surface area contributed by atoms with E-state index in [1.54, 1.807) is 30.3 Å². The number of aryl methyl sites for hydroxylation is 1. The van der Waals surface area contributed by atoms with Gasteiger partial charge in [-0.25, -0.2) is 12.8 Å². The summed E-state index contributed by atoms with van der Waals surface area (Å²) >= 11 is 0. The van der Waals surface area contributed by atoms with Crippen molar-refractivity contribution in [3.05, 3.63) is 95.8 Å². The average Bonchev–Trinajstić information content (AvgIpc) is 2.76. The molecule has 0 fully saturated rings. The first-order chi connectivity index (χ1) is 14.9. The summed E-state index contributed by atoms with van der Waals surface area (Å²) in [4.78, 5) is 12.3. The number of ether oxygens (including phenoxy) is 1. The molecule has 3 rings (SSSR count). The number of carbonyl (C=O) groups is 1. The van der Waals surface area contributed by atoms with Gasteiger partial charge in [0.2, 0.25) is 5.91 Å². The Labute approximate surface area is 181 Å². The second-order valence-electron chi connectivity index (χ2n) is 7.11. The van der Waals surface area contributed by atoms with Crippen LogP contribution in [-0.2, 0) is 14.6 Å². The Kier molecular flexibility index (Phi) is 7.41. The molecule has 0 aromatic heterocycles. The second kappa shape index (κ2) is 10.2. The van der Waals surface area contributed by atoms with E-state index in [9.17, 15) is 17.6 Å². The summed E-state index contributed by atoms with van der Waals surface area (Å²) in [5.74, 6) is -0.168. The Morgan fingerprint density at radius 3 is 2.26 bits per heavy atom. The highest BCUT2D eigenvalue weighted by atomic mass is 32.2. The number of sulfone groups is 1. The fourth-order valence-electron chi connectivity index (χ4n) is 3.05. The van der Waals surface area contributed by atoms with Gasteiger partial charge in [0.1, 0.15) is 16.8 Å². The summed E-state index contributed by atoms with van der Waals surface area (Å²) in [6.45, 7) is 2.04. The Morgan fingerprint density at radius 2 is 1.61 bits per heavy atom. The normalized spacial score (nSPS) is 12.2. The zero-order valence-electron chi connectivity index (χ0n) is 17.1. The fourth-order valence-corrected chi connectivity index (χ4v) is 4.72. The number of benzene rings is 3. The van der Waals surface area contributed by atoms with Crippen molar-refractivity contribution in [1.29, 1.82) is 0 Å². The van der Waals surface area contributed by atoms with Gasteiger partial charge < -0.3 is 10.1 Å². The molecule has 0 spiro atoms. The number of rotatable bonds is 9. The van der Waals surface area contributed by atoms with Crippen molar-refractivity contribution in [3.63, 3.8) is 0 Å². The van der Waals surface area contributed by atoms with E-state index in [1.807, 2.05) is 31.2 Å². The van der Waals surface area contributed by atoms with E-state index < -0.39 is 20.9 Å². The van der Waals surface area contributed by atoms with Gasteiger partial charge in [-0.05, 0) is 48.9 Å². The number of nitrogens with one attached hydrogen (secondary N) is 1. The number of hydrogen-bond donors (Lipinski definition) is 1. The monoisotopic (exact) mass is 441 g/mol. The maximum Gasteiger partial charge on any atom is 0.223 e. The quantitative estimate of drug-likeness (QED) is 0.505. The maximum atomic E-state index is 13.2. The van der Waals surface area contributed by atoms with E-state index in [0.29, 0.717) is 11.3 Å². The first kappa shape index (κ1) is 22.5. The Balaban J connectivity index is 1.66. The van der Waals surface area contributed by atoms with Crippen LogP contribution in [0.5, 0.6) is 5.75 Å². The van der Waals surface area contributed by atoms with Gasteiger partial charge in [-0.1, -0.05) is 48.0 Å². The predicted octanol–water partition coefficient (Wildman–Crippen LogP) is 4.23. The summed E-state index contributed by atoms with van der Waals surface area (Å²) in [6.07, 6.45) is 0.0893. The summed E-state index contributed by atoms with van der Waals surface area (Å²) in [7, 11) is -3.85. The van der Waals surface area contributed by atoms with Crippen molar-refractivity contribution >= 4 is 15.7 Å². The molecule has 1 unspecified atom stereocenters.